The predicted octanol–water partition coefficient (Wildman–Crippen LogP) is 4.26. The molecule has 2 aromatic rings. The molecule has 0 bridgehead atoms. The van der Waals surface area contributed by atoms with E-state index in [0.717, 1.165) is 22.3 Å². The van der Waals surface area contributed by atoms with E-state index in [1.807, 2.05) is 38.1 Å². The van der Waals surface area contributed by atoms with Crippen LogP contribution in [-0.2, 0) is 14.3 Å². The van der Waals surface area contributed by atoms with Crippen molar-refractivity contribution < 1.29 is 24.2 Å². The Balaban J connectivity index is 1.41. The van der Waals surface area contributed by atoms with Crippen molar-refractivity contribution in [3.63, 3.8) is 0 Å². The quantitative estimate of drug-likeness (QED) is 0.609. The third kappa shape index (κ3) is 4.15. The second-order valence-corrected chi connectivity index (χ2v) is 9.34. The van der Waals surface area contributed by atoms with E-state index < -0.39 is 23.5 Å². The summed E-state index contributed by atoms with van der Waals surface area (Å²) >= 11 is 0. The molecule has 180 valence electrons. The molecule has 4 rings (SSSR count). The molecule has 2 N–H and O–H groups in total. The van der Waals surface area contributed by atoms with Gasteiger partial charge in [-0.25, -0.2) is 4.79 Å². The highest BCUT2D eigenvalue weighted by molar-refractivity contribution is 5.90. The molecule has 1 unspecified atom stereocenters. The zero-order valence-corrected chi connectivity index (χ0v) is 19.9. The Morgan fingerprint density at radius 1 is 1.03 bits per heavy atom. The molecule has 7 nitrogen and oxygen atoms in total. The van der Waals surface area contributed by atoms with Crippen LogP contribution in [0.3, 0.4) is 0 Å². The lowest BCUT2D eigenvalue weighted by Gasteiger charge is -2.46. The number of ether oxygens (including phenoxy) is 1. The van der Waals surface area contributed by atoms with Crippen molar-refractivity contribution in [1.82, 2.24) is 10.2 Å². The number of carboxylic acids is 1. The van der Waals surface area contributed by atoms with Gasteiger partial charge in [0, 0.05) is 24.9 Å². The fraction of sp³-hybridized carbons (Fsp3) is 0.444. The van der Waals surface area contributed by atoms with E-state index >= 15 is 0 Å². The maximum absolute atomic E-state index is 13.3. The van der Waals surface area contributed by atoms with E-state index in [-0.39, 0.29) is 24.3 Å². The van der Waals surface area contributed by atoms with Crippen LogP contribution < -0.4 is 5.32 Å². The van der Waals surface area contributed by atoms with Crippen LogP contribution in [0.4, 0.5) is 4.79 Å². The van der Waals surface area contributed by atoms with Crippen LogP contribution in [0.25, 0.3) is 11.1 Å². The number of rotatable bonds is 8. The molecule has 1 aliphatic heterocycles. The van der Waals surface area contributed by atoms with Crippen LogP contribution in [0, 0.1) is 11.8 Å². The largest absolute Gasteiger partial charge is 0.481 e. The summed E-state index contributed by atoms with van der Waals surface area (Å²) in [6.45, 7) is 6.35. The van der Waals surface area contributed by atoms with Gasteiger partial charge in [-0.1, -0.05) is 69.3 Å². The summed E-state index contributed by atoms with van der Waals surface area (Å²) in [5.41, 5.74) is 3.50. The lowest BCUT2D eigenvalue weighted by Crippen LogP contribution is -2.64. The first-order chi connectivity index (χ1) is 16.3. The summed E-state index contributed by atoms with van der Waals surface area (Å²) in [5.74, 6) is -1.66. The van der Waals surface area contributed by atoms with Crippen LogP contribution in [0.15, 0.2) is 48.5 Å². The molecule has 7 heteroatoms. The van der Waals surface area contributed by atoms with E-state index in [1.165, 1.54) is 0 Å². The minimum atomic E-state index is -1.07. The summed E-state index contributed by atoms with van der Waals surface area (Å²) in [6, 6.07) is 16.3. The number of carbonyl (C=O) groups is 3. The van der Waals surface area contributed by atoms with Gasteiger partial charge in [-0.2, -0.15) is 0 Å². The van der Waals surface area contributed by atoms with E-state index in [1.54, 1.807) is 11.8 Å². The topological polar surface area (TPSA) is 95.9 Å². The Bertz CT molecular complexity index is 1040. The fourth-order valence-corrected chi connectivity index (χ4v) is 5.11. The van der Waals surface area contributed by atoms with E-state index in [2.05, 4.69) is 29.6 Å². The number of amides is 2. The number of fused-ring (bicyclic) bond motifs is 3. The maximum Gasteiger partial charge on any atom is 0.408 e. The first-order valence-corrected chi connectivity index (χ1v) is 12.0. The average Bonchev–Trinajstić information content (AvgIpc) is 3.14. The number of nitrogens with zero attached hydrogens (tertiary/aromatic N) is 1. The summed E-state index contributed by atoms with van der Waals surface area (Å²) in [5, 5.41) is 12.1. The minimum Gasteiger partial charge on any atom is -0.481 e. The Labute approximate surface area is 200 Å². The molecule has 1 fully saturated rings. The molecule has 1 saturated heterocycles. The highest BCUT2D eigenvalue weighted by Gasteiger charge is 2.46. The third-order valence-corrected chi connectivity index (χ3v) is 7.60. The summed E-state index contributed by atoms with van der Waals surface area (Å²) in [7, 11) is 0. The predicted molar refractivity (Wildman–Crippen MR) is 128 cm³/mol. The number of benzene rings is 2. The number of aliphatic carboxylic acids is 1. The molecule has 2 aromatic carbocycles. The molecule has 0 spiro atoms. The second-order valence-electron chi connectivity index (χ2n) is 9.34. The molecule has 0 saturated carbocycles. The number of nitrogens with one attached hydrogen (secondary N) is 1. The van der Waals surface area contributed by atoms with Crippen molar-refractivity contribution in [3.05, 3.63) is 59.7 Å². The van der Waals surface area contributed by atoms with E-state index in [9.17, 15) is 19.5 Å². The van der Waals surface area contributed by atoms with Gasteiger partial charge >= 0.3 is 12.1 Å². The highest BCUT2D eigenvalue weighted by Crippen LogP contribution is 2.44. The lowest BCUT2D eigenvalue weighted by atomic mass is 9.83. The zero-order valence-electron chi connectivity index (χ0n) is 19.9. The van der Waals surface area contributed by atoms with Crippen LogP contribution in [0.2, 0.25) is 0 Å². The number of carboxylic acid groups (broad SMARTS) is 1. The standard InChI is InChI=1S/C27H32N2O5/c1-4-27(5-2,25(32)29-14-18(15-29)17(3)24(30)31)28-26(33)34-16-23-21-12-8-6-10-19(21)20-11-7-9-13-22(20)23/h6-13,17-18,23H,4-5,14-16H2,1-3H3,(H,28,33)(H,30,31). The molecule has 2 amide bonds. The average molecular weight is 465 g/mol. The van der Waals surface area contributed by atoms with Gasteiger partial charge in [0.1, 0.15) is 12.1 Å². The molecule has 34 heavy (non-hydrogen) atoms. The summed E-state index contributed by atoms with van der Waals surface area (Å²) < 4.78 is 5.67. The Kier molecular flexibility index (Phi) is 6.64. The lowest BCUT2D eigenvalue weighted by molar-refractivity contribution is -0.154. The highest BCUT2D eigenvalue weighted by atomic mass is 16.5. The molecule has 1 atom stereocenters. The van der Waals surface area contributed by atoms with Crippen molar-refractivity contribution in [3.8, 4) is 11.1 Å². The van der Waals surface area contributed by atoms with Gasteiger partial charge in [0.15, 0.2) is 0 Å². The van der Waals surface area contributed by atoms with E-state index in [4.69, 9.17) is 4.74 Å². The summed E-state index contributed by atoms with van der Waals surface area (Å²) in [4.78, 5) is 39.0. The van der Waals surface area contributed by atoms with Crippen LogP contribution in [0.1, 0.15) is 50.7 Å². The zero-order chi connectivity index (χ0) is 24.5. The minimum absolute atomic E-state index is 0.0554. The van der Waals surface area contributed by atoms with Crippen molar-refractivity contribution in [2.45, 2.75) is 45.1 Å². The Morgan fingerprint density at radius 2 is 1.56 bits per heavy atom. The smallest absolute Gasteiger partial charge is 0.408 e. The normalized spacial score (nSPS) is 16.3. The van der Waals surface area contributed by atoms with Gasteiger partial charge in [0.2, 0.25) is 5.91 Å². The fourth-order valence-electron chi connectivity index (χ4n) is 5.11. The van der Waals surface area contributed by atoms with Gasteiger partial charge in [-0.3, -0.25) is 9.59 Å². The molecule has 0 radical (unpaired) electrons. The number of alkyl carbamates (subject to hydrolysis) is 1. The number of hydrogen-bond donors (Lipinski definition) is 2. The van der Waals surface area contributed by atoms with Gasteiger partial charge in [-0.15, -0.1) is 0 Å². The molecule has 1 heterocycles. The maximum atomic E-state index is 13.3. The number of likely N-dealkylation sites (tertiary alicyclic amines) is 1. The van der Waals surface area contributed by atoms with Crippen molar-refractivity contribution in [1.29, 1.82) is 0 Å². The summed E-state index contributed by atoms with van der Waals surface area (Å²) in [6.07, 6.45) is 0.222. The van der Waals surface area contributed by atoms with Crippen molar-refractivity contribution in [2.75, 3.05) is 19.7 Å². The van der Waals surface area contributed by atoms with Crippen molar-refractivity contribution >= 4 is 18.0 Å². The Morgan fingerprint density at radius 3 is 2.06 bits per heavy atom. The van der Waals surface area contributed by atoms with E-state index in [0.29, 0.717) is 25.9 Å². The van der Waals surface area contributed by atoms with Gasteiger partial charge in [0.25, 0.3) is 0 Å². The van der Waals surface area contributed by atoms with Crippen LogP contribution in [0.5, 0.6) is 0 Å². The van der Waals surface area contributed by atoms with Crippen LogP contribution >= 0.6 is 0 Å². The second kappa shape index (κ2) is 9.49. The van der Waals surface area contributed by atoms with Gasteiger partial charge in [-0.05, 0) is 35.1 Å². The first-order valence-electron chi connectivity index (χ1n) is 12.0. The SMILES string of the molecule is CCC(CC)(NC(=O)OCC1c2ccccc2-c2ccccc21)C(=O)N1CC(C(C)C(=O)O)C1. The molecular formula is C27H32N2O5. The number of carbonyl (C=O) groups excluding carboxylic acids is 2. The molecule has 2 aliphatic rings. The third-order valence-electron chi connectivity index (χ3n) is 7.60. The molecular weight excluding hydrogens is 432 g/mol. The van der Waals surface area contributed by atoms with Gasteiger partial charge < -0.3 is 20.1 Å². The molecule has 1 aliphatic carbocycles. The number of hydrogen-bond acceptors (Lipinski definition) is 4. The first kappa shape index (κ1) is 23.8. The van der Waals surface area contributed by atoms with Crippen LogP contribution in [-0.4, -0.2) is 53.2 Å². The van der Waals surface area contributed by atoms with Gasteiger partial charge in [0.05, 0.1) is 5.92 Å². The Hall–Kier alpha value is -3.35. The molecule has 0 aromatic heterocycles. The monoisotopic (exact) mass is 464 g/mol. The van der Waals surface area contributed by atoms with Crippen molar-refractivity contribution in [2.24, 2.45) is 11.8 Å².